The zero-order valence-corrected chi connectivity index (χ0v) is 14.7. The molecule has 2 aromatic rings. The molecule has 1 heterocycles. The average molecular weight is 372 g/mol. The molecule has 0 bridgehead atoms. The first-order valence-electron chi connectivity index (χ1n) is 6.16. The van der Waals surface area contributed by atoms with Gasteiger partial charge in [-0.05, 0) is 47.7 Å². The van der Waals surface area contributed by atoms with Crippen LogP contribution < -0.4 is 0 Å². The molecule has 0 N–H and O–H groups in total. The number of hydrogen-bond donors (Lipinski definition) is 0. The summed E-state index contributed by atoms with van der Waals surface area (Å²) in [5.41, 5.74) is 1.34. The van der Waals surface area contributed by atoms with Gasteiger partial charge in [0.2, 0.25) is 0 Å². The molecule has 0 aliphatic carbocycles. The van der Waals surface area contributed by atoms with Crippen LogP contribution in [0.5, 0.6) is 0 Å². The molecule has 0 fully saturated rings. The number of benzene rings is 1. The van der Waals surface area contributed by atoms with Crippen molar-refractivity contribution in [3.63, 3.8) is 0 Å². The van der Waals surface area contributed by atoms with Gasteiger partial charge in [0.05, 0.1) is 5.75 Å². The molecule has 0 aliphatic heterocycles. The first-order valence-corrected chi connectivity index (χ1v) is 9.45. The normalized spacial score (nSPS) is 12.2. The van der Waals surface area contributed by atoms with Crippen LogP contribution in [0, 0.1) is 18.3 Å². The number of nitrogens with zero attached hydrogens (tertiary/aromatic N) is 1. The van der Waals surface area contributed by atoms with E-state index in [1.165, 1.54) is 23.5 Å². The third-order valence-corrected chi connectivity index (χ3v) is 6.09. The van der Waals surface area contributed by atoms with Crippen molar-refractivity contribution >= 4 is 50.5 Å². The van der Waals surface area contributed by atoms with E-state index in [2.05, 4.69) is 0 Å². The van der Waals surface area contributed by atoms with Gasteiger partial charge in [0.1, 0.15) is 11.0 Å². The second kappa shape index (κ2) is 6.84. The minimum Gasteiger partial charge on any atom is -0.223 e. The van der Waals surface area contributed by atoms with E-state index in [1.54, 1.807) is 18.2 Å². The van der Waals surface area contributed by atoms with Crippen molar-refractivity contribution in [2.24, 2.45) is 0 Å². The molecule has 0 spiro atoms. The number of allylic oxidation sites excluding steroid dienone is 1. The fourth-order valence-electron chi connectivity index (χ4n) is 1.76. The maximum Gasteiger partial charge on any atom is 0.192 e. The zero-order valence-electron chi connectivity index (χ0n) is 11.5. The molecule has 22 heavy (non-hydrogen) atoms. The van der Waals surface area contributed by atoms with Crippen LogP contribution in [-0.2, 0) is 15.6 Å². The first kappa shape index (κ1) is 17.0. The maximum atomic E-state index is 12.4. The highest BCUT2D eigenvalue weighted by Crippen LogP contribution is 2.26. The summed E-state index contributed by atoms with van der Waals surface area (Å²) < 4.78 is 24.9. The smallest absolute Gasteiger partial charge is 0.192 e. The Morgan fingerprint density at radius 3 is 2.64 bits per heavy atom. The number of hydrogen-bond acceptors (Lipinski definition) is 4. The Morgan fingerprint density at radius 1 is 1.36 bits per heavy atom. The van der Waals surface area contributed by atoms with E-state index in [-0.39, 0.29) is 15.7 Å². The minimum absolute atomic E-state index is 0.265. The Kier molecular flexibility index (Phi) is 5.30. The fourth-order valence-corrected chi connectivity index (χ4v) is 4.51. The molecule has 7 heteroatoms. The molecule has 0 aliphatic rings. The third-order valence-electron chi connectivity index (χ3n) is 2.97. The van der Waals surface area contributed by atoms with Crippen molar-refractivity contribution in [2.45, 2.75) is 12.7 Å². The van der Waals surface area contributed by atoms with E-state index in [0.717, 1.165) is 10.4 Å². The lowest BCUT2D eigenvalue weighted by Gasteiger charge is -2.06. The molecule has 1 aromatic heterocycles. The Morgan fingerprint density at radius 2 is 2.09 bits per heavy atom. The SMILES string of the molecule is Cc1ccsc1/C=C(/C#N)S(=O)(=O)Cc1ccc(Cl)cc1Cl. The Labute approximate surface area is 143 Å². The largest absolute Gasteiger partial charge is 0.223 e. The summed E-state index contributed by atoms with van der Waals surface area (Å²) in [5.74, 6) is -0.340. The monoisotopic (exact) mass is 371 g/mol. The molecule has 0 amide bonds. The van der Waals surface area contributed by atoms with Crippen LogP contribution in [-0.4, -0.2) is 8.42 Å². The second-order valence-electron chi connectivity index (χ2n) is 4.58. The molecule has 3 nitrogen and oxygen atoms in total. The Balaban J connectivity index is 2.38. The van der Waals surface area contributed by atoms with Gasteiger partial charge in [0.25, 0.3) is 0 Å². The van der Waals surface area contributed by atoms with E-state index in [0.29, 0.717) is 10.6 Å². The third kappa shape index (κ3) is 3.90. The molecular formula is C15H11Cl2NO2S2. The standard InChI is InChI=1S/C15H11Cl2NO2S2/c1-10-4-5-21-15(10)7-13(8-18)22(19,20)9-11-2-3-12(16)6-14(11)17/h2-7H,9H2,1H3/b13-7-. The van der Waals surface area contributed by atoms with Crippen LogP contribution in [0.3, 0.4) is 0 Å². The van der Waals surface area contributed by atoms with Crippen molar-refractivity contribution in [2.75, 3.05) is 0 Å². The summed E-state index contributed by atoms with van der Waals surface area (Å²) in [6.45, 7) is 1.86. The summed E-state index contributed by atoms with van der Waals surface area (Å²) in [6.07, 6.45) is 1.40. The topological polar surface area (TPSA) is 57.9 Å². The summed E-state index contributed by atoms with van der Waals surface area (Å²) in [7, 11) is -3.77. The van der Waals surface area contributed by atoms with Gasteiger partial charge in [-0.15, -0.1) is 11.3 Å². The highest BCUT2D eigenvalue weighted by molar-refractivity contribution is 7.95. The summed E-state index contributed by atoms with van der Waals surface area (Å²) in [4.78, 5) is 0.478. The van der Waals surface area contributed by atoms with Gasteiger partial charge in [-0.1, -0.05) is 29.3 Å². The van der Waals surface area contributed by atoms with Gasteiger partial charge in [0, 0.05) is 14.9 Å². The number of halogens is 2. The lowest BCUT2D eigenvalue weighted by Crippen LogP contribution is -2.07. The fraction of sp³-hybridized carbons (Fsp3) is 0.133. The van der Waals surface area contributed by atoms with E-state index in [4.69, 9.17) is 23.2 Å². The second-order valence-corrected chi connectivity index (χ2v) is 8.33. The molecular weight excluding hydrogens is 361 g/mol. The molecule has 2 rings (SSSR count). The molecule has 0 saturated carbocycles. The van der Waals surface area contributed by atoms with Crippen molar-refractivity contribution in [1.82, 2.24) is 0 Å². The van der Waals surface area contributed by atoms with Gasteiger partial charge in [-0.2, -0.15) is 5.26 Å². The number of aryl methyl sites for hydroxylation is 1. The van der Waals surface area contributed by atoms with Gasteiger partial charge in [-0.25, -0.2) is 8.42 Å². The average Bonchev–Trinajstić information content (AvgIpc) is 2.84. The van der Waals surface area contributed by atoms with Gasteiger partial charge in [-0.3, -0.25) is 0 Å². The maximum absolute atomic E-state index is 12.4. The summed E-state index contributed by atoms with van der Waals surface area (Å²) >= 11 is 13.2. The van der Waals surface area contributed by atoms with Crippen LogP contribution >= 0.6 is 34.5 Å². The predicted octanol–water partition coefficient (Wildman–Crippen LogP) is 4.84. The highest BCUT2D eigenvalue weighted by atomic mass is 35.5. The van der Waals surface area contributed by atoms with Crippen LogP contribution in [0.15, 0.2) is 34.6 Å². The molecule has 114 valence electrons. The number of rotatable bonds is 4. The summed E-state index contributed by atoms with van der Waals surface area (Å²) in [6, 6.07) is 8.23. The van der Waals surface area contributed by atoms with Crippen molar-refractivity contribution in [3.8, 4) is 6.07 Å². The molecule has 1 aromatic carbocycles. The minimum atomic E-state index is -3.77. The van der Waals surface area contributed by atoms with E-state index >= 15 is 0 Å². The van der Waals surface area contributed by atoms with Gasteiger partial charge < -0.3 is 0 Å². The highest BCUT2D eigenvalue weighted by Gasteiger charge is 2.20. The number of thiophene rings is 1. The van der Waals surface area contributed by atoms with Crippen molar-refractivity contribution in [1.29, 1.82) is 5.26 Å². The van der Waals surface area contributed by atoms with Crippen LogP contribution in [0.25, 0.3) is 6.08 Å². The van der Waals surface area contributed by atoms with Crippen LogP contribution in [0.1, 0.15) is 16.0 Å². The predicted molar refractivity (Wildman–Crippen MR) is 91.7 cm³/mol. The van der Waals surface area contributed by atoms with E-state index in [1.807, 2.05) is 18.4 Å². The van der Waals surface area contributed by atoms with Crippen LogP contribution in [0.4, 0.5) is 0 Å². The molecule has 0 unspecified atom stereocenters. The summed E-state index contributed by atoms with van der Waals surface area (Å²) in [5, 5.41) is 11.7. The van der Waals surface area contributed by atoms with Gasteiger partial charge >= 0.3 is 0 Å². The molecule has 0 saturated heterocycles. The van der Waals surface area contributed by atoms with E-state index in [9.17, 15) is 13.7 Å². The Bertz CT molecular complexity index is 877. The van der Waals surface area contributed by atoms with Gasteiger partial charge in [0.15, 0.2) is 9.84 Å². The Hall–Kier alpha value is -1.32. The van der Waals surface area contributed by atoms with Crippen LogP contribution in [0.2, 0.25) is 10.0 Å². The number of sulfone groups is 1. The molecule has 0 atom stereocenters. The van der Waals surface area contributed by atoms with Crippen molar-refractivity contribution in [3.05, 3.63) is 60.6 Å². The molecule has 0 radical (unpaired) electrons. The van der Waals surface area contributed by atoms with E-state index < -0.39 is 9.84 Å². The zero-order chi connectivity index (χ0) is 16.3. The number of nitriles is 1. The first-order chi connectivity index (χ1) is 10.3. The van der Waals surface area contributed by atoms with Crippen molar-refractivity contribution < 1.29 is 8.42 Å². The quantitative estimate of drug-likeness (QED) is 0.722. The lowest BCUT2D eigenvalue weighted by atomic mass is 10.2. The lowest BCUT2D eigenvalue weighted by molar-refractivity contribution is 0.602.